The van der Waals surface area contributed by atoms with Crippen LogP contribution in [0, 0.1) is 18.3 Å². The van der Waals surface area contributed by atoms with Crippen molar-refractivity contribution in [3.63, 3.8) is 0 Å². The molecule has 7 nitrogen and oxygen atoms in total. The van der Waals surface area contributed by atoms with Crippen LogP contribution < -0.4 is 14.2 Å². The third-order valence-electron chi connectivity index (χ3n) is 6.37. The number of alkyl halides is 2. The molecule has 1 heterocycles. The molecule has 0 radical (unpaired) electrons. The molecular formula is C26H28F2O7. The fraction of sp³-hybridized carbons (Fsp3) is 0.462. The first-order valence-corrected chi connectivity index (χ1v) is 11.4. The van der Waals surface area contributed by atoms with Crippen molar-refractivity contribution >= 4 is 11.9 Å². The molecule has 0 saturated heterocycles. The van der Waals surface area contributed by atoms with Gasteiger partial charge in [0.2, 0.25) is 0 Å². The highest BCUT2D eigenvalue weighted by Crippen LogP contribution is 2.61. The number of halogens is 2. The fourth-order valence-corrected chi connectivity index (χ4v) is 4.19. The second-order valence-electron chi connectivity index (χ2n) is 9.74. The van der Waals surface area contributed by atoms with Crippen molar-refractivity contribution in [3.8, 4) is 23.0 Å². The Labute approximate surface area is 201 Å². The SMILES string of the molecule is COc1c([C@@H](O)CC(C)C)ccc2c1C(=O)OCc1cc(C)cc(OC(=O)C3(C)CC3(F)F)c1O2. The van der Waals surface area contributed by atoms with Gasteiger partial charge in [0.1, 0.15) is 29.1 Å². The van der Waals surface area contributed by atoms with Crippen LogP contribution in [0.4, 0.5) is 8.78 Å². The number of fused-ring (bicyclic) bond motifs is 2. The Morgan fingerprint density at radius 3 is 2.54 bits per heavy atom. The van der Waals surface area contributed by atoms with Gasteiger partial charge < -0.3 is 24.1 Å². The van der Waals surface area contributed by atoms with Crippen LogP contribution in [0.3, 0.4) is 0 Å². The first-order valence-electron chi connectivity index (χ1n) is 11.4. The standard InChI is InChI=1S/C26H28F2O7/c1-13(2)8-17(29)16-6-7-18-20(22(16)32-5)23(30)33-11-15-9-14(3)10-19(21(15)34-18)35-24(31)25(4)12-26(25,27)28/h6-7,9-10,13,17,29H,8,11-12H2,1-5H3/t17-,25?/m0/s1. The van der Waals surface area contributed by atoms with E-state index in [9.17, 15) is 23.5 Å². The van der Waals surface area contributed by atoms with Gasteiger partial charge >= 0.3 is 11.9 Å². The maximum absolute atomic E-state index is 13.8. The Morgan fingerprint density at radius 1 is 1.26 bits per heavy atom. The fourth-order valence-electron chi connectivity index (χ4n) is 4.19. The summed E-state index contributed by atoms with van der Waals surface area (Å²) < 4.78 is 49.9. The first kappa shape index (κ1) is 24.9. The molecule has 188 valence electrons. The number of methoxy groups -OCH3 is 1. The van der Waals surface area contributed by atoms with Gasteiger partial charge in [-0.15, -0.1) is 0 Å². The molecule has 2 aromatic carbocycles. The smallest absolute Gasteiger partial charge is 0.346 e. The topological polar surface area (TPSA) is 91.3 Å². The lowest BCUT2D eigenvalue weighted by atomic mass is 9.96. The van der Waals surface area contributed by atoms with Crippen LogP contribution in [0.1, 0.15) is 66.8 Å². The van der Waals surface area contributed by atoms with Crippen LogP contribution in [0.15, 0.2) is 24.3 Å². The number of benzene rings is 2. The van der Waals surface area contributed by atoms with Crippen LogP contribution in [-0.4, -0.2) is 30.1 Å². The van der Waals surface area contributed by atoms with Crippen molar-refractivity contribution in [3.05, 3.63) is 46.5 Å². The summed E-state index contributed by atoms with van der Waals surface area (Å²) in [6.45, 7) is 6.59. The summed E-state index contributed by atoms with van der Waals surface area (Å²) in [5.41, 5.74) is -0.468. The summed E-state index contributed by atoms with van der Waals surface area (Å²) in [6.07, 6.45) is -1.04. The maximum Gasteiger partial charge on any atom is 0.346 e. The summed E-state index contributed by atoms with van der Waals surface area (Å²) in [7, 11) is 1.37. The molecule has 2 atom stereocenters. The Kier molecular flexibility index (Phi) is 6.25. The highest BCUT2D eigenvalue weighted by Gasteiger charge is 2.74. The van der Waals surface area contributed by atoms with E-state index >= 15 is 0 Å². The summed E-state index contributed by atoms with van der Waals surface area (Å²) in [4.78, 5) is 25.5. The number of aryl methyl sites for hydroxylation is 1. The number of rotatable bonds is 6. The van der Waals surface area contributed by atoms with Crippen molar-refractivity contribution in [1.82, 2.24) is 0 Å². The number of aliphatic hydroxyl groups is 1. The van der Waals surface area contributed by atoms with Gasteiger partial charge in [0.05, 0.1) is 13.2 Å². The van der Waals surface area contributed by atoms with Gasteiger partial charge in [-0.25, -0.2) is 13.6 Å². The molecule has 1 unspecified atom stereocenters. The van der Waals surface area contributed by atoms with Crippen molar-refractivity contribution in [2.45, 2.75) is 59.2 Å². The lowest BCUT2D eigenvalue weighted by molar-refractivity contribution is -0.143. The lowest BCUT2D eigenvalue weighted by Crippen LogP contribution is -2.25. The van der Waals surface area contributed by atoms with Gasteiger partial charge in [-0.2, -0.15) is 0 Å². The molecule has 9 heteroatoms. The molecule has 35 heavy (non-hydrogen) atoms. The van der Waals surface area contributed by atoms with Gasteiger partial charge in [-0.3, -0.25) is 4.79 Å². The number of carbonyl (C=O) groups excluding carboxylic acids is 2. The van der Waals surface area contributed by atoms with Crippen molar-refractivity contribution in [2.75, 3.05) is 7.11 Å². The second-order valence-corrected chi connectivity index (χ2v) is 9.74. The molecule has 2 aromatic rings. The summed E-state index contributed by atoms with van der Waals surface area (Å²) in [6, 6.07) is 6.28. The molecule has 0 spiro atoms. The molecule has 1 saturated carbocycles. The van der Waals surface area contributed by atoms with E-state index in [1.807, 2.05) is 13.8 Å². The molecular weight excluding hydrogens is 462 g/mol. The van der Waals surface area contributed by atoms with E-state index in [2.05, 4.69) is 0 Å². The zero-order chi connectivity index (χ0) is 25.7. The number of cyclic esters (lactones) is 1. The quantitative estimate of drug-likeness (QED) is 0.423. The van der Waals surface area contributed by atoms with Gasteiger partial charge in [-0.05, 0) is 56.0 Å². The molecule has 4 rings (SSSR count). The minimum Gasteiger partial charge on any atom is -0.495 e. The first-order chi connectivity index (χ1) is 16.4. The average molecular weight is 490 g/mol. The van der Waals surface area contributed by atoms with Crippen molar-refractivity contribution in [1.29, 1.82) is 0 Å². The predicted molar refractivity (Wildman–Crippen MR) is 121 cm³/mol. The maximum atomic E-state index is 13.8. The monoisotopic (exact) mass is 490 g/mol. The van der Waals surface area contributed by atoms with Crippen LogP contribution in [0.5, 0.6) is 23.0 Å². The Hall–Kier alpha value is -3.20. The molecule has 1 aliphatic carbocycles. The molecule has 1 N–H and O–H groups in total. The molecule has 0 amide bonds. The lowest BCUT2D eigenvalue weighted by Gasteiger charge is -2.24. The van der Waals surface area contributed by atoms with Crippen LogP contribution in [0.2, 0.25) is 0 Å². The average Bonchev–Trinajstić information content (AvgIpc) is 3.30. The van der Waals surface area contributed by atoms with Gasteiger partial charge in [0.25, 0.3) is 5.92 Å². The van der Waals surface area contributed by atoms with E-state index in [4.69, 9.17) is 18.9 Å². The predicted octanol–water partition coefficient (Wildman–Crippen LogP) is 5.50. The van der Waals surface area contributed by atoms with Gasteiger partial charge in [0.15, 0.2) is 11.5 Å². The second kappa shape index (κ2) is 8.78. The molecule has 0 bridgehead atoms. The minimum absolute atomic E-state index is 0.0306. The Bertz CT molecular complexity index is 1190. The highest BCUT2D eigenvalue weighted by molar-refractivity contribution is 5.97. The summed E-state index contributed by atoms with van der Waals surface area (Å²) in [5.74, 6) is -4.55. The Balaban J connectivity index is 1.77. The van der Waals surface area contributed by atoms with Crippen molar-refractivity contribution < 1.29 is 42.4 Å². The van der Waals surface area contributed by atoms with Crippen molar-refractivity contribution in [2.24, 2.45) is 11.3 Å². The number of hydrogen-bond acceptors (Lipinski definition) is 7. The van der Waals surface area contributed by atoms with E-state index in [0.717, 1.165) is 6.92 Å². The number of ether oxygens (including phenoxy) is 4. The van der Waals surface area contributed by atoms with Gasteiger partial charge in [0, 0.05) is 17.5 Å². The number of esters is 2. The zero-order valence-electron chi connectivity index (χ0n) is 20.2. The van der Waals surface area contributed by atoms with E-state index < -0.39 is 35.8 Å². The van der Waals surface area contributed by atoms with E-state index in [0.29, 0.717) is 23.1 Å². The van der Waals surface area contributed by atoms with Crippen LogP contribution in [0.25, 0.3) is 0 Å². The number of carbonyl (C=O) groups is 2. The summed E-state index contributed by atoms with van der Waals surface area (Å²) >= 11 is 0. The molecule has 0 aromatic heterocycles. The summed E-state index contributed by atoms with van der Waals surface area (Å²) in [5, 5.41) is 10.7. The minimum atomic E-state index is -3.13. The third kappa shape index (κ3) is 4.45. The van der Waals surface area contributed by atoms with E-state index in [1.54, 1.807) is 19.1 Å². The van der Waals surface area contributed by atoms with E-state index in [-0.39, 0.29) is 41.1 Å². The van der Waals surface area contributed by atoms with Crippen LogP contribution >= 0.6 is 0 Å². The van der Waals surface area contributed by atoms with Gasteiger partial charge in [-0.1, -0.05) is 13.8 Å². The number of hydrogen-bond donors (Lipinski definition) is 1. The zero-order valence-corrected chi connectivity index (χ0v) is 20.2. The normalized spacial score (nSPS) is 21.0. The molecule has 1 aliphatic heterocycles. The van der Waals surface area contributed by atoms with Crippen LogP contribution in [-0.2, 0) is 16.1 Å². The van der Waals surface area contributed by atoms with E-state index in [1.165, 1.54) is 19.2 Å². The third-order valence-corrected chi connectivity index (χ3v) is 6.37. The molecule has 1 fully saturated rings. The number of aliphatic hydroxyl groups excluding tert-OH is 1. The highest BCUT2D eigenvalue weighted by atomic mass is 19.3. The largest absolute Gasteiger partial charge is 0.495 e. The Morgan fingerprint density at radius 2 is 1.94 bits per heavy atom. The molecule has 2 aliphatic rings.